The molecule has 0 fully saturated rings. The lowest BCUT2D eigenvalue weighted by molar-refractivity contribution is 0.0954. The van der Waals surface area contributed by atoms with Gasteiger partial charge in [0.15, 0.2) is 5.96 Å². The van der Waals surface area contributed by atoms with Gasteiger partial charge in [-0.15, -0.1) is 0 Å². The summed E-state index contributed by atoms with van der Waals surface area (Å²) >= 11 is 3.36. The van der Waals surface area contributed by atoms with Crippen LogP contribution in [0.2, 0.25) is 0 Å². The number of para-hydroxylation sites is 1. The molecule has 0 aliphatic heterocycles. The van der Waals surface area contributed by atoms with Crippen LogP contribution < -0.4 is 20.7 Å². The van der Waals surface area contributed by atoms with E-state index in [0.717, 1.165) is 15.8 Å². The van der Waals surface area contributed by atoms with E-state index in [1.807, 2.05) is 36.4 Å². The van der Waals surface area contributed by atoms with Gasteiger partial charge in [0.25, 0.3) is 5.91 Å². The van der Waals surface area contributed by atoms with Gasteiger partial charge in [0.1, 0.15) is 5.75 Å². The van der Waals surface area contributed by atoms with Gasteiger partial charge in [-0.1, -0.05) is 40.2 Å². The number of methoxy groups -OCH3 is 1. The molecule has 6 nitrogen and oxygen atoms in total. The third-order valence-electron chi connectivity index (χ3n) is 3.65. The van der Waals surface area contributed by atoms with E-state index in [4.69, 9.17) is 4.74 Å². The average Bonchev–Trinajstić information content (AvgIpc) is 2.67. The van der Waals surface area contributed by atoms with Crippen molar-refractivity contribution in [2.75, 3.05) is 27.2 Å². The van der Waals surface area contributed by atoms with Gasteiger partial charge in [-0.3, -0.25) is 9.79 Å². The van der Waals surface area contributed by atoms with Crippen LogP contribution in [0.4, 0.5) is 0 Å². The first kappa shape index (κ1) is 19.8. The van der Waals surface area contributed by atoms with Crippen LogP contribution in [0, 0.1) is 0 Å². The lowest BCUT2D eigenvalue weighted by Crippen LogP contribution is -2.41. The molecule has 7 heteroatoms. The molecule has 1 amide bonds. The number of rotatable bonds is 7. The van der Waals surface area contributed by atoms with E-state index in [1.54, 1.807) is 26.3 Å². The van der Waals surface area contributed by atoms with Gasteiger partial charge in [-0.2, -0.15) is 0 Å². The SMILES string of the molecule is CN=C(NCCNC(=O)c1cccc(Br)c1)NCc1ccccc1OC. The molecule has 0 heterocycles. The summed E-state index contributed by atoms with van der Waals surface area (Å²) in [6.45, 7) is 1.64. The molecule has 0 aliphatic rings. The molecule has 0 saturated heterocycles. The predicted octanol–water partition coefficient (Wildman–Crippen LogP) is 2.55. The van der Waals surface area contributed by atoms with Crippen molar-refractivity contribution >= 4 is 27.8 Å². The zero-order chi connectivity index (χ0) is 18.8. The Morgan fingerprint density at radius 3 is 2.58 bits per heavy atom. The summed E-state index contributed by atoms with van der Waals surface area (Å²) in [6.07, 6.45) is 0. The van der Waals surface area contributed by atoms with Crippen LogP contribution >= 0.6 is 15.9 Å². The zero-order valence-corrected chi connectivity index (χ0v) is 16.5. The van der Waals surface area contributed by atoms with Crippen molar-refractivity contribution in [1.82, 2.24) is 16.0 Å². The van der Waals surface area contributed by atoms with Crippen molar-refractivity contribution in [2.45, 2.75) is 6.54 Å². The fourth-order valence-corrected chi connectivity index (χ4v) is 2.74. The summed E-state index contributed by atoms with van der Waals surface area (Å²) < 4.78 is 6.21. The van der Waals surface area contributed by atoms with Crippen LogP contribution in [0.5, 0.6) is 5.75 Å². The number of benzene rings is 2. The van der Waals surface area contributed by atoms with E-state index >= 15 is 0 Å². The third kappa shape index (κ3) is 6.07. The average molecular weight is 419 g/mol. The molecule has 0 spiro atoms. The number of hydrogen-bond donors (Lipinski definition) is 3. The molecule has 0 unspecified atom stereocenters. The number of nitrogens with zero attached hydrogens (tertiary/aromatic N) is 1. The fourth-order valence-electron chi connectivity index (χ4n) is 2.34. The monoisotopic (exact) mass is 418 g/mol. The topological polar surface area (TPSA) is 74.8 Å². The van der Waals surface area contributed by atoms with Gasteiger partial charge in [-0.25, -0.2) is 0 Å². The highest BCUT2D eigenvalue weighted by molar-refractivity contribution is 9.10. The maximum atomic E-state index is 12.1. The maximum absolute atomic E-state index is 12.1. The van der Waals surface area contributed by atoms with Crippen LogP contribution in [0.1, 0.15) is 15.9 Å². The number of ether oxygens (including phenoxy) is 1. The summed E-state index contributed by atoms with van der Waals surface area (Å²) in [7, 11) is 3.36. The molecule has 0 saturated carbocycles. The Hall–Kier alpha value is -2.54. The second-order valence-electron chi connectivity index (χ2n) is 5.43. The molecule has 26 heavy (non-hydrogen) atoms. The Morgan fingerprint density at radius 1 is 1.08 bits per heavy atom. The van der Waals surface area contributed by atoms with Gasteiger partial charge in [-0.05, 0) is 24.3 Å². The molecule has 2 aromatic rings. The number of carbonyl (C=O) groups is 1. The van der Waals surface area contributed by atoms with Crippen molar-refractivity contribution in [3.63, 3.8) is 0 Å². The highest BCUT2D eigenvalue weighted by atomic mass is 79.9. The molecule has 138 valence electrons. The Bertz CT molecular complexity index is 765. The highest BCUT2D eigenvalue weighted by Crippen LogP contribution is 2.16. The van der Waals surface area contributed by atoms with Crippen LogP contribution in [0.15, 0.2) is 58.0 Å². The van der Waals surface area contributed by atoms with E-state index < -0.39 is 0 Å². The number of halogens is 1. The maximum Gasteiger partial charge on any atom is 0.251 e. The summed E-state index contributed by atoms with van der Waals surface area (Å²) in [5.74, 6) is 1.38. The molecule has 0 bridgehead atoms. The molecule has 0 aromatic heterocycles. The molecule has 3 N–H and O–H groups in total. The summed E-state index contributed by atoms with van der Waals surface area (Å²) in [5.41, 5.74) is 1.67. The van der Waals surface area contributed by atoms with Gasteiger partial charge in [0.05, 0.1) is 7.11 Å². The quantitative estimate of drug-likeness (QED) is 0.367. The number of nitrogens with one attached hydrogen (secondary N) is 3. The molecule has 2 aromatic carbocycles. The number of guanidine groups is 1. The Kier molecular flexibility index (Phi) is 7.95. The summed E-state index contributed by atoms with van der Waals surface area (Å²) in [6, 6.07) is 15.1. The van der Waals surface area contributed by atoms with E-state index in [1.165, 1.54) is 0 Å². The standard InChI is InChI=1S/C19H23BrN4O2/c1-21-19(24-13-15-6-3-4-9-17(15)26-2)23-11-10-22-18(25)14-7-5-8-16(20)12-14/h3-9,12H,10-11,13H2,1-2H3,(H,22,25)(H2,21,23,24). The number of aliphatic imine (C=N–C) groups is 1. The van der Waals surface area contributed by atoms with Crippen LogP contribution in [-0.4, -0.2) is 39.1 Å². The van der Waals surface area contributed by atoms with Gasteiger partial charge >= 0.3 is 0 Å². The smallest absolute Gasteiger partial charge is 0.251 e. The Morgan fingerprint density at radius 2 is 1.85 bits per heavy atom. The first-order valence-corrected chi connectivity index (χ1v) is 9.03. The molecular weight excluding hydrogens is 396 g/mol. The molecular formula is C19H23BrN4O2. The minimum Gasteiger partial charge on any atom is -0.496 e. The Labute approximate surface area is 162 Å². The predicted molar refractivity (Wildman–Crippen MR) is 108 cm³/mol. The van der Waals surface area contributed by atoms with Crippen molar-refractivity contribution in [1.29, 1.82) is 0 Å². The van der Waals surface area contributed by atoms with Gasteiger partial charge in [0, 0.05) is 42.3 Å². The van der Waals surface area contributed by atoms with E-state index in [0.29, 0.717) is 31.2 Å². The number of carbonyl (C=O) groups excluding carboxylic acids is 1. The van der Waals surface area contributed by atoms with Crippen molar-refractivity contribution in [2.24, 2.45) is 4.99 Å². The molecule has 0 aliphatic carbocycles. The van der Waals surface area contributed by atoms with Gasteiger partial charge in [0.2, 0.25) is 0 Å². The van der Waals surface area contributed by atoms with Crippen molar-refractivity contribution in [3.8, 4) is 5.75 Å². The summed E-state index contributed by atoms with van der Waals surface area (Å²) in [4.78, 5) is 16.3. The minimum atomic E-state index is -0.106. The second-order valence-corrected chi connectivity index (χ2v) is 6.35. The fraction of sp³-hybridized carbons (Fsp3) is 0.263. The second kappa shape index (κ2) is 10.5. The number of hydrogen-bond acceptors (Lipinski definition) is 3. The van der Waals surface area contributed by atoms with Crippen LogP contribution in [0.3, 0.4) is 0 Å². The van der Waals surface area contributed by atoms with Crippen LogP contribution in [-0.2, 0) is 6.54 Å². The van der Waals surface area contributed by atoms with E-state index in [9.17, 15) is 4.79 Å². The van der Waals surface area contributed by atoms with E-state index in [-0.39, 0.29) is 5.91 Å². The summed E-state index contributed by atoms with van der Waals surface area (Å²) in [5, 5.41) is 9.27. The largest absolute Gasteiger partial charge is 0.496 e. The number of amides is 1. The third-order valence-corrected chi connectivity index (χ3v) is 4.15. The Balaban J connectivity index is 1.74. The first-order chi connectivity index (χ1) is 12.6. The van der Waals surface area contributed by atoms with Crippen molar-refractivity contribution < 1.29 is 9.53 Å². The minimum absolute atomic E-state index is 0.106. The van der Waals surface area contributed by atoms with E-state index in [2.05, 4.69) is 36.9 Å². The zero-order valence-electron chi connectivity index (χ0n) is 14.9. The highest BCUT2D eigenvalue weighted by Gasteiger charge is 2.06. The lowest BCUT2D eigenvalue weighted by atomic mass is 10.2. The first-order valence-electron chi connectivity index (χ1n) is 8.24. The van der Waals surface area contributed by atoms with Gasteiger partial charge < -0.3 is 20.7 Å². The molecule has 0 radical (unpaired) electrons. The lowest BCUT2D eigenvalue weighted by Gasteiger charge is -2.14. The van der Waals surface area contributed by atoms with Crippen molar-refractivity contribution in [3.05, 3.63) is 64.1 Å². The van der Waals surface area contributed by atoms with Crippen LogP contribution in [0.25, 0.3) is 0 Å². The molecule has 0 atom stereocenters. The normalized spacial score (nSPS) is 11.0. The molecule has 2 rings (SSSR count).